The van der Waals surface area contributed by atoms with Crippen molar-refractivity contribution in [2.45, 2.75) is 20.0 Å². The van der Waals surface area contributed by atoms with Crippen LogP contribution in [0.1, 0.15) is 6.92 Å². The average Bonchev–Trinajstić information content (AvgIpc) is 2.33. The summed E-state index contributed by atoms with van der Waals surface area (Å²) in [6.45, 7) is 8.88. The first kappa shape index (κ1) is 17.5. The summed E-state index contributed by atoms with van der Waals surface area (Å²) in [5, 5.41) is 0. The Bertz CT molecular complexity index is 292. The van der Waals surface area contributed by atoms with E-state index >= 15 is 0 Å². The van der Waals surface area contributed by atoms with Gasteiger partial charge in [-0.3, -0.25) is 0 Å². The highest BCUT2D eigenvalue weighted by Gasteiger charge is 2.48. The zero-order valence-electron chi connectivity index (χ0n) is 11.9. The fourth-order valence-corrected chi connectivity index (χ4v) is 6.03. The van der Waals surface area contributed by atoms with Gasteiger partial charge in [-0.2, -0.15) is 0 Å². The van der Waals surface area contributed by atoms with E-state index in [0.29, 0.717) is 5.57 Å². The normalized spacial score (nSPS) is 12.3. The van der Waals surface area contributed by atoms with Crippen molar-refractivity contribution < 1.29 is 26.9 Å². The third-order valence-electron chi connectivity index (χ3n) is 2.05. The van der Waals surface area contributed by atoms with Gasteiger partial charge in [0.15, 0.2) is 0 Å². The van der Waals surface area contributed by atoms with Gasteiger partial charge in [-0.05, 0) is 20.0 Å². The Balaban J connectivity index is 4.54. The summed E-state index contributed by atoms with van der Waals surface area (Å²) >= 11 is 0. The van der Waals surface area contributed by atoms with Crippen LogP contribution in [0, 0.1) is 0 Å². The topological polar surface area (TPSA) is 63.2 Å². The fourth-order valence-electron chi connectivity index (χ4n) is 1.11. The molecule has 0 aromatic rings. The summed E-state index contributed by atoms with van der Waals surface area (Å²) in [5.41, 5.74) is 0.355. The van der Waals surface area contributed by atoms with Gasteiger partial charge in [-0.15, -0.1) is 0 Å². The molecule has 0 heterocycles. The maximum Gasteiger partial charge on any atom is 0.668 e. The third-order valence-corrected chi connectivity index (χ3v) is 7.60. The van der Waals surface area contributed by atoms with E-state index in [1.54, 1.807) is 6.92 Å². The van der Waals surface area contributed by atoms with Crippen LogP contribution in [0.25, 0.3) is 0 Å². The van der Waals surface area contributed by atoms with Gasteiger partial charge >= 0.3 is 15.0 Å². The highest BCUT2D eigenvalue weighted by atomic mass is 28.5. The first-order chi connectivity index (χ1) is 8.22. The van der Waals surface area contributed by atoms with Gasteiger partial charge in [0, 0.05) is 26.9 Å². The number of rotatable bonds is 8. The van der Waals surface area contributed by atoms with Gasteiger partial charge in [0.2, 0.25) is 8.32 Å². The molecule has 0 aliphatic heterocycles. The minimum Gasteiger partial charge on any atom is -0.463 e. The van der Waals surface area contributed by atoms with Crippen molar-refractivity contribution in [3.8, 4) is 0 Å². The molecule has 0 rings (SSSR count). The maximum absolute atomic E-state index is 11.3. The Labute approximate surface area is 110 Å². The lowest BCUT2D eigenvalue weighted by Gasteiger charge is -2.31. The number of hydrogen-bond acceptors (Lipinski definition) is 6. The lowest BCUT2D eigenvalue weighted by atomic mass is 10.4. The van der Waals surface area contributed by atoms with E-state index in [1.165, 1.54) is 21.3 Å². The van der Waals surface area contributed by atoms with Gasteiger partial charge in [-0.25, -0.2) is 4.79 Å². The molecule has 0 aliphatic rings. The minimum atomic E-state index is -3.10. The Hall–Kier alpha value is -0.516. The van der Waals surface area contributed by atoms with Crippen LogP contribution in [0.4, 0.5) is 0 Å². The lowest BCUT2D eigenvalue weighted by molar-refractivity contribution is -0.137. The van der Waals surface area contributed by atoms with Gasteiger partial charge in [-0.1, -0.05) is 6.58 Å². The molecule has 18 heavy (non-hydrogen) atoms. The van der Waals surface area contributed by atoms with Crippen LogP contribution in [0.3, 0.4) is 0 Å². The molecule has 0 amide bonds. The molecule has 106 valence electrons. The van der Waals surface area contributed by atoms with E-state index in [2.05, 4.69) is 6.58 Å². The Morgan fingerprint density at radius 1 is 1.11 bits per heavy atom. The van der Waals surface area contributed by atoms with Crippen LogP contribution in [0.15, 0.2) is 12.2 Å². The van der Waals surface area contributed by atoms with E-state index in [9.17, 15) is 4.79 Å². The molecule has 8 heteroatoms. The zero-order valence-corrected chi connectivity index (χ0v) is 13.9. The van der Waals surface area contributed by atoms with E-state index in [-0.39, 0.29) is 6.23 Å². The van der Waals surface area contributed by atoms with Gasteiger partial charge in [0.1, 0.15) is 6.23 Å². The highest BCUT2D eigenvalue weighted by molar-refractivity contribution is 6.79. The van der Waals surface area contributed by atoms with Crippen LogP contribution >= 0.6 is 0 Å². The molecule has 0 fully saturated rings. The summed E-state index contributed by atoms with van der Waals surface area (Å²) in [7, 11) is -1.03. The molecule has 6 nitrogen and oxygen atoms in total. The van der Waals surface area contributed by atoms with Gasteiger partial charge in [0.25, 0.3) is 0 Å². The van der Waals surface area contributed by atoms with Crippen molar-refractivity contribution in [1.29, 1.82) is 0 Å². The van der Waals surface area contributed by atoms with Crippen molar-refractivity contribution in [3.63, 3.8) is 0 Å². The Morgan fingerprint density at radius 3 is 1.89 bits per heavy atom. The minimum absolute atomic E-state index is 0.184. The number of esters is 1. The van der Waals surface area contributed by atoms with Crippen LogP contribution in [-0.4, -0.2) is 50.9 Å². The largest absolute Gasteiger partial charge is 0.668 e. The number of carbonyl (C=O) groups excluding carboxylic acids is 1. The van der Waals surface area contributed by atoms with Crippen molar-refractivity contribution >= 4 is 23.3 Å². The molecule has 0 radical (unpaired) electrons. The smallest absolute Gasteiger partial charge is 0.463 e. The number of carbonyl (C=O) groups is 1. The molecule has 0 aliphatic carbocycles. The van der Waals surface area contributed by atoms with E-state index < -0.39 is 23.3 Å². The van der Waals surface area contributed by atoms with E-state index in [0.717, 1.165) is 0 Å². The van der Waals surface area contributed by atoms with Crippen molar-refractivity contribution in [2.24, 2.45) is 0 Å². The molecule has 0 aromatic heterocycles. The molecule has 0 spiro atoms. The highest BCUT2D eigenvalue weighted by Crippen LogP contribution is 2.17. The van der Waals surface area contributed by atoms with Crippen LogP contribution in [0.2, 0.25) is 13.1 Å². The second-order valence-electron chi connectivity index (χ2n) is 4.33. The molecule has 0 unspecified atom stereocenters. The number of hydrogen-bond donors (Lipinski definition) is 0. The predicted molar refractivity (Wildman–Crippen MR) is 71.1 cm³/mol. The van der Waals surface area contributed by atoms with Crippen LogP contribution in [-0.2, 0) is 26.9 Å². The van der Waals surface area contributed by atoms with Crippen molar-refractivity contribution in [2.75, 3.05) is 27.6 Å². The quantitative estimate of drug-likeness (QED) is 0.381. The molecule has 0 saturated heterocycles. The van der Waals surface area contributed by atoms with Crippen LogP contribution in [0.5, 0.6) is 0 Å². The molecule has 0 bridgehead atoms. The van der Waals surface area contributed by atoms with Crippen molar-refractivity contribution in [1.82, 2.24) is 0 Å². The molecule has 0 saturated carbocycles. The lowest BCUT2D eigenvalue weighted by Crippen LogP contribution is -2.56. The predicted octanol–water partition coefficient (Wildman–Crippen LogP) is 1.24. The maximum atomic E-state index is 11.3. The van der Waals surface area contributed by atoms with Gasteiger partial charge in [0.05, 0.1) is 0 Å². The monoisotopic (exact) mass is 294 g/mol. The standard InChI is InChI=1S/C10H22O6Si2/c1-9(2)10(11)15-8-17(6,7)16-18(12-3,13-4)14-5/h1,8H2,2-7H3. The Kier molecular flexibility index (Phi) is 6.96. The average molecular weight is 294 g/mol. The van der Waals surface area contributed by atoms with E-state index in [4.69, 9.17) is 22.1 Å². The summed E-state index contributed by atoms with van der Waals surface area (Å²) < 4.78 is 26.4. The fraction of sp³-hybridized carbons (Fsp3) is 0.700. The first-order valence-electron chi connectivity index (χ1n) is 5.40. The summed E-state index contributed by atoms with van der Waals surface area (Å²) in [6, 6.07) is 0. The molecule has 0 aromatic carbocycles. The third kappa shape index (κ3) is 5.42. The summed E-state index contributed by atoms with van der Waals surface area (Å²) in [5.74, 6) is -0.432. The molecular formula is C10H22O6Si2. The summed E-state index contributed by atoms with van der Waals surface area (Å²) in [6.07, 6.45) is 0.184. The second-order valence-corrected chi connectivity index (χ2v) is 11.2. The Morgan fingerprint density at radius 2 is 1.56 bits per heavy atom. The summed E-state index contributed by atoms with van der Waals surface area (Å²) in [4.78, 5) is 11.3. The zero-order chi connectivity index (χ0) is 14.4. The van der Waals surface area contributed by atoms with Gasteiger partial charge < -0.3 is 22.1 Å². The van der Waals surface area contributed by atoms with Crippen LogP contribution < -0.4 is 0 Å². The SMILES string of the molecule is C=C(C)C(=O)OC[Si](C)(C)O[Si](OC)(OC)OC. The van der Waals surface area contributed by atoms with E-state index in [1.807, 2.05) is 13.1 Å². The molecule has 0 atom stereocenters. The first-order valence-corrected chi connectivity index (χ1v) is 10.1. The molecular weight excluding hydrogens is 272 g/mol. The molecule has 0 N–H and O–H groups in total. The second kappa shape index (κ2) is 7.17. The van der Waals surface area contributed by atoms with Crippen molar-refractivity contribution in [3.05, 3.63) is 12.2 Å². The number of ether oxygens (including phenoxy) is 1.